The Bertz CT molecular complexity index is 903. The molecule has 34 heavy (non-hydrogen) atoms. The molecule has 0 aromatic heterocycles. The van der Waals surface area contributed by atoms with Crippen molar-refractivity contribution in [1.82, 2.24) is 0 Å². The van der Waals surface area contributed by atoms with E-state index in [4.69, 9.17) is 14.2 Å². The maximum atomic E-state index is 13.8. The van der Waals surface area contributed by atoms with Gasteiger partial charge in [-0.1, -0.05) is 24.3 Å². The number of esters is 1. The number of ether oxygens (including phenoxy) is 3. The summed E-state index contributed by atoms with van der Waals surface area (Å²) in [6.07, 6.45) is 3.08. The zero-order valence-corrected chi connectivity index (χ0v) is 19.2. The fraction of sp³-hybridized carbons (Fsp3) is 0.462. The highest BCUT2D eigenvalue weighted by atomic mass is 24.3. The van der Waals surface area contributed by atoms with Crippen LogP contribution in [0.25, 0.3) is 0 Å². The second-order valence-electron chi connectivity index (χ2n) is 8.67. The molecule has 1 aliphatic carbocycles. The van der Waals surface area contributed by atoms with Crippen LogP contribution in [-0.2, 0) is 19.0 Å². The van der Waals surface area contributed by atoms with Gasteiger partial charge in [0.2, 0.25) is 0 Å². The minimum atomic E-state index is -0.527. The molecule has 1 saturated carbocycles. The van der Waals surface area contributed by atoms with Crippen molar-refractivity contribution in [2.45, 2.75) is 45.6 Å². The molecule has 2 aromatic rings. The summed E-state index contributed by atoms with van der Waals surface area (Å²) in [5, 5.41) is 0. The standard InChI is InChI=1S/C26H32FNO5.Mg.2H/c1-19(2)33-25(29)18-31-16-20-11-13-21(14-12-20)17-32-26(30)28(23-8-4-3-5-9-23)24-10-6-7-22(27)15-24;;;/h3-10,15,19-21H,11-14,16-18H2,1-2H3;;;/t20-,21-;;;. The first-order chi connectivity index (χ1) is 15.9. The maximum absolute atomic E-state index is 13.8. The van der Waals surface area contributed by atoms with Crippen molar-refractivity contribution in [3.63, 3.8) is 0 Å². The summed E-state index contributed by atoms with van der Waals surface area (Å²) >= 11 is 0. The number of para-hydroxylation sites is 1. The second-order valence-corrected chi connectivity index (χ2v) is 8.67. The fourth-order valence-electron chi connectivity index (χ4n) is 3.98. The van der Waals surface area contributed by atoms with Crippen LogP contribution in [0.3, 0.4) is 0 Å². The molecule has 1 aliphatic rings. The molecule has 182 valence electrons. The molecule has 1 fully saturated rings. The number of amides is 1. The maximum Gasteiger partial charge on any atom is 0.418 e. The molecule has 0 N–H and O–H groups in total. The van der Waals surface area contributed by atoms with Crippen molar-refractivity contribution in [2.24, 2.45) is 11.8 Å². The highest BCUT2D eigenvalue weighted by molar-refractivity contribution is 5.95. The number of benzene rings is 2. The van der Waals surface area contributed by atoms with Gasteiger partial charge in [-0.15, -0.1) is 0 Å². The van der Waals surface area contributed by atoms with Gasteiger partial charge in [0.15, 0.2) is 0 Å². The SMILES string of the molecule is CC(C)OC(=O)COC[C@H]1CC[C@H](COC(=O)N(c2ccccc2)c2cccc(F)c2)CC1.[MgH2]. The second kappa shape index (κ2) is 14.3. The highest BCUT2D eigenvalue weighted by Crippen LogP contribution is 2.31. The number of hydrogen-bond donors (Lipinski definition) is 0. The number of nitrogens with zero attached hydrogens (tertiary/aromatic N) is 1. The quantitative estimate of drug-likeness (QED) is 0.372. The number of carbonyl (C=O) groups excluding carboxylic acids is 2. The summed E-state index contributed by atoms with van der Waals surface area (Å²) < 4.78 is 30.0. The van der Waals surface area contributed by atoms with E-state index in [0.29, 0.717) is 30.5 Å². The molecular weight excluding hydrogens is 450 g/mol. The Labute approximate surface area is 216 Å². The zero-order chi connectivity index (χ0) is 23.6. The summed E-state index contributed by atoms with van der Waals surface area (Å²) in [5.41, 5.74) is 1.04. The largest absolute Gasteiger partial charge is 0.461 e. The Morgan fingerprint density at radius 3 is 2.18 bits per heavy atom. The van der Waals surface area contributed by atoms with Gasteiger partial charge in [0, 0.05) is 0 Å². The van der Waals surface area contributed by atoms with E-state index in [0.717, 1.165) is 25.7 Å². The molecular formula is C26H34FMgNO5. The zero-order valence-electron chi connectivity index (χ0n) is 19.2. The summed E-state index contributed by atoms with van der Waals surface area (Å²) in [5.74, 6) is -0.107. The number of carbonyl (C=O) groups is 2. The van der Waals surface area contributed by atoms with Gasteiger partial charge in [0.25, 0.3) is 0 Å². The monoisotopic (exact) mass is 483 g/mol. The first-order valence-corrected chi connectivity index (χ1v) is 11.5. The summed E-state index contributed by atoms with van der Waals surface area (Å²) in [4.78, 5) is 25.9. The van der Waals surface area contributed by atoms with Crippen LogP contribution in [0.4, 0.5) is 20.6 Å². The molecule has 0 radical (unpaired) electrons. The minimum absolute atomic E-state index is 0. The molecule has 8 heteroatoms. The van der Waals surface area contributed by atoms with Crippen molar-refractivity contribution in [3.05, 3.63) is 60.4 Å². The topological polar surface area (TPSA) is 65.1 Å². The summed E-state index contributed by atoms with van der Waals surface area (Å²) in [6, 6.07) is 15.0. The first-order valence-electron chi connectivity index (χ1n) is 11.5. The summed E-state index contributed by atoms with van der Waals surface area (Å²) in [7, 11) is 0. The molecule has 0 saturated heterocycles. The predicted octanol–water partition coefficient (Wildman–Crippen LogP) is 4.96. The van der Waals surface area contributed by atoms with E-state index in [9.17, 15) is 14.0 Å². The van der Waals surface area contributed by atoms with Gasteiger partial charge in [-0.3, -0.25) is 0 Å². The van der Waals surface area contributed by atoms with Gasteiger partial charge < -0.3 is 14.2 Å². The van der Waals surface area contributed by atoms with Crippen molar-refractivity contribution < 1.29 is 28.2 Å². The lowest BCUT2D eigenvalue weighted by Gasteiger charge is -2.29. The molecule has 0 spiro atoms. The van der Waals surface area contributed by atoms with Crippen LogP contribution in [0, 0.1) is 17.7 Å². The average Bonchev–Trinajstić information content (AvgIpc) is 2.79. The average molecular weight is 484 g/mol. The van der Waals surface area contributed by atoms with E-state index >= 15 is 0 Å². The van der Waals surface area contributed by atoms with E-state index in [1.54, 1.807) is 24.3 Å². The van der Waals surface area contributed by atoms with E-state index in [2.05, 4.69) is 0 Å². The van der Waals surface area contributed by atoms with Crippen molar-refractivity contribution in [2.75, 3.05) is 24.7 Å². The molecule has 1 amide bonds. The Morgan fingerprint density at radius 1 is 0.941 bits per heavy atom. The minimum Gasteiger partial charge on any atom is -0.461 e. The number of hydrogen-bond acceptors (Lipinski definition) is 5. The van der Waals surface area contributed by atoms with Gasteiger partial charge >= 0.3 is 35.1 Å². The highest BCUT2D eigenvalue weighted by Gasteiger charge is 2.25. The Morgan fingerprint density at radius 2 is 1.56 bits per heavy atom. The molecule has 0 atom stereocenters. The third kappa shape index (κ3) is 8.89. The lowest BCUT2D eigenvalue weighted by Crippen LogP contribution is -2.30. The van der Waals surface area contributed by atoms with E-state index < -0.39 is 11.9 Å². The summed E-state index contributed by atoms with van der Waals surface area (Å²) in [6.45, 7) is 4.43. The Hall–Kier alpha value is -2.16. The van der Waals surface area contributed by atoms with Crippen LogP contribution in [0.15, 0.2) is 54.6 Å². The van der Waals surface area contributed by atoms with Crippen molar-refractivity contribution >= 4 is 46.5 Å². The molecule has 0 aliphatic heterocycles. The van der Waals surface area contributed by atoms with E-state index in [-0.39, 0.29) is 47.7 Å². The van der Waals surface area contributed by atoms with Gasteiger partial charge in [-0.25, -0.2) is 18.9 Å². The van der Waals surface area contributed by atoms with Crippen LogP contribution < -0.4 is 4.90 Å². The van der Waals surface area contributed by atoms with Crippen LogP contribution in [0.2, 0.25) is 0 Å². The number of rotatable bonds is 9. The third-order valence-corrected chi connectivity index (χ3v) is 5.61. The normalized spacial score (nSPS) is 17.5. The van der Waals surface area contributed by atoms with Gasteiger partial charge in [0.05, 0.1) is 30.7 Å². The first kappa shape index (κ1) is 28.1. The van der Waals surface area contributed by atoms with Crippen LogP contribution in [0.5, 0.6) is 0 Å². The van der Waals surface area contributed by atoms with Crippen molar-refractivity contribution in [3.8, 4) is 0 Å². The van der Waals surface area contributed by atoms with Gasteiger partial charge in [-0.05, 0) is 81.7 Å². The van der Waals surface area contributed by atoms with Gasteiger partial charge in [0.1, 0.15) is 12.4 Å². The van der Waals surface area contributed by atoms with E-state index in [1.165, 1.54) is 17.0 Å². The molecule has 2 aromatic carbocycles. The Kier molecular flexibility index (Phi) is 11.8. The smallest absolute Gasteiger partial charge is 0.418 e. The van der Waals surface area contributed by atoms with Crippen LogP contribution in [-0.4, -0.2) is 61.0 Å². The number of anilines is 2. The Balaban J connectivity index is 0.00000408. The third-order valence-electron chi connectivity index (χ3n) is 5.61. The van der Waals surface area contributed by atoms with Crippen LogP contribution >= 0.6 is 0 Å². The van der Waals surface area contributed by atoms with Crippen molar-refractivity contribution in [1.29, 1.82) is 0 Å². The van der Waals surface area contributed by atoms with E-state index in [1.807, 2.05) is 32.0 Å². The lowest BCUT2D eigenvalue weighted by molar-refractivity contribution is -0.153. The fourth-order valence-corrected chi connectivity index (χ4v) is 3.98. The molecule has 3 rings (SSSR count). The lowest BCUT2D eigenvalue weighted by atomic mass is 9.83. The van der Waals surface area contributed by atoms with Gasteiger partial charge in [-0.2, -0.15) is 0 Å². The molecule has 0 heterocycles. The molecule has 0 bridgehead atoms. The van der Waals surface area contributed by atoms with Crippen LogP contribution in [0.1, 0.15) is 39.5 Å². The number of halogens is 1. The predicted molar refractivity (Wildman–Crippen MR) is 132 cm³/mol. The molecule has 6 nitrogen and oxygen atoms in total. The molecule has 0 unspecified atom stereocenters.